The zero-order chi connectivity index (χ0) is 20.9. The number of rotatable bonds is 6. The molecule has 0 saturated heterocycles. The highest BCUT2D eigenvalue weighted by molar-refractivity contribution is 7.16. The number of benzene rings is 3. The van der Waals surface area contributed by atoms with Crippen molar-refractivity contribution in [2.24, 2.45) is 4.99 Å². The smallest absolute Gasteiger partial charge is 0.279 e. The van der Waals surface area contributed by atoms with E-state index < -0.39 is 0 Å². The van der Waals surface area contributed by atoms with Gasteiger partial charge in [0.15, 0.2) is 4.80 Å². The fourth-order valence-corrected chi connectivity index (χ4v) is 4.54. The Morgan fingerprint density at radius 3 is 2.43 bits per heavy atom. The normalized spacial score (nSPS) is 11.7. The van der Waals surface area contributed by atoms with Crippen LogP contribution in [0.15, 0.2) is 77.8 Å². The molecule has 30 heavy (non-hydrogen) atoms. The molecule has 1 heterocycles. The number of fused-ring (bicyclic) bond motifs is 1. The first-order chi connectivity index (χ1) is 14.7. The van der Waals surface area contributed by atoms with Gasteiger partial charge in [0.05, 0.1) is 17.3 Å². The highest BCUT2D eigenvalue weighted by Gasteiger charge is 2.10. The molecular formula is C25H24N2O2S. The molecule has 0 bridgehead atoms. The topological polar surface area (TPSA) is 43.6 Å². The zero-order valence-corrected chi connectivity index (χ0v) is 18.0. The van der Waals surface area contributed by atoms with Gasteiger partial charge in [-0.05, 0) is 54.3 Å². The second-order valence-electron chi connectivity index (χ2n) is 7.15. The summed E-state index contributed by atoms with van der Waals surface area (Å²) < 4.78 is 8.51. The molecule has 4 rings (SSSR count). The van der Waals surface area contributed by atoms with Crippen molar-refractivity contribution in [2.75, 3.05) is 7.11 Å². The lowest BCUT2D eigenvalue weighted by Gasteiger charge is -2.04. The van der Waals surface area contributed by atoms with Crippen LogP contribution >= 0.6 is 11.3 Å². The monoisotopic (exact) mass is 416 g/mol. The molecule has 4 aromatic rings. The Kier molecular flexibility index (Phi) is 6.10. The van der Waals surface area contributed by atoms with E-state index >= 15 is 0 Å². The number of methoxy groups -OCH3 is 1. The van der Waals surface area contributed by atoms with Gasteiger partial charge in [-0.2, -0.15) is 4.99 Å². The van der Waals surface area contributed by atoms with Crippen LogP contribution in [0.1, 0.15) is 34.8 Å². The number of hydrogen-bond donors (Lipinski definition) is 0. The molecule has 0 aliphatic carbocycles. The first-order valence-corrected chi connectivity index (χ1v) is 10.9. The molecule has 0 spiro atoms. The van der Waals surface area contributed by atoms with Crippen LogP contribution in [-0.4, -0.2) is 17.6 Å². The fraction of sp³-hybridized carbons (Fsp3) is 0.200. The van der Waals surface area contributed by atoms with Crippen molar-refractivity contribution in [2.45, 2.75) is 26.3 Å². The molecule has 0 N–H and O–H groups in total. The second-order valence-corrected chi connectivity index (χ2v) is 8.16. The van der Waals surface area contributed by atoms with Gasteiger partial charge >= 0.3 is 0 Å². The van der Waals surface area contributed by atoms with Crippen LogP contribution in [0.25, 0.3) is 10.2 Å². The number of nitrogens with zero attached hydrogens (tertiary/aromatic N) is 2. The minimum absolute atomic E-state index is 0.218. The number of carbonyl (C=O) groups excluding carboxylic acids is 1. The van der Waals surface area contributed by atoms with E-state index in [9.17, 15) is 4.79 Å². The Morgan fingerprint density at radius 2 is 1.73 bits per heavy atom. The Balaban J connectivity index is 1.63. The summed E-state index contributed by atoms with van der Waals surface area (Å²) >= 11 is 1.52. The summed E-state index contributed by atoms with van der Waals surface area (Å²) in [5.74, 6) is 0.587. The van der Waals surface area contributed by atoms with Crippen LogP contribution in [0.3, 0.4) is 0 Å². The summed E-state index contributed by atoms with van der Waals surface area (Å²) in [5, 5.41) is 0. The molecule has 0 saturated carbocycles. The highest BCUT2D eigenvalue weighted by Crippen LogP contribution is 2.23. The maximum absolute atomic E-state index is 12.8. The van der Waals surface area contributed by atoms with Gasteiger partial charge in [-0.1, -0.05) is 60.7 Å². The molecule has 4 nitrogen and oxygen atoms in total. The lowest BCUT2D eigenvalue weighted by Crippen LogP contribution is -2.16. The van der Waals surface area contributed by atoms with Crippen LogP contribution in [0.2, 0.25) is 0 Å². The highest BCUT2D eigenvalue weighted by atomic mass is 32.1. The molecule has 0 radical (unpaired) electrons. The number of ether oxygens (including phenoxy) is 1. The fourth-order valence-electron chi connectivity index (χ4n) is 3.45. The van der Waals surface area contributed by atoms with Crippen molar-refractivity contribution >= 4 is 27.5 Å². The summed E-state index contributed by atoms with van der Waals surface area (Å²) in [7, 11) is 1.66. The van der Waals surface area contributed by atoms with Crippen LogP contribution in [0.5, 0.6) is 5.75 Å². The SMILES string of the molecule is CCCn1c(=NC(=O)c2ccc(Cc3ccccc3)cc2)sc2cc(OC)ccc21. The van der Waals surface area contributed by atoms with E-state index in [1.807, 2.05) is 60.7 Å². The van der Waals surface area contributed by atoms with Crippen molar-refractivity contribution in [1.29, 1.82) is 0 Å². The van der Waals surface area contributed by atoms with Crippen molar-refractivity contribution in [1.82, 2.24) is 4.57 Å². The largest absolute Gasteiger partial charge is 0.497 e. The lowest BCUT2D eigenvalue weighted by atomic mass is 10.0. The summed E-state index contributed by atoms with van der Waals surface area (Å²) in [4.78, 5) is 18.0. The molecule has 0 unspecified atom stereocenters. The van der Waals surface area contributed by atoms with Gasteiger partial charge < -0.3 is 9.30 Å². The molecule has 0 aliphatic heterocycles. The third kappa shape index (κ3) is 4.36. The maximum Gasteiger partial charge on any atom is 0.279 e. The molecule has 3 aromatic carbocycles. The van der Waals surface area contributed by atoms with E-state index in [0.29, 0.717) is 5.56 Å². The summed E-state index contributed by atoms with van der Waals surface area (Å²) in [6.45, 7) is 2.94. The Morgan fingerprint density at radius 1 is 1.00 bits per heavy atom. The molecule has 0 atom stereocenters. The molecular weight excluding hydrogens is 392 g/mol. The molecule has 1 aromatic heterocycles. The van der Waals surface area contributed by atoms with Crippen molar-refractivity contribution in [3.8, 4) is 5.75 Å². The Labute approximate surface area is 180 Å². The summed E-state index contributed by atoms with van der Waals surface area (Å²) in [5.41, 5.74) is 4.10. The summed E-state index contributed by atoms with van der Waals surface area (Å²) in [6.07, 6.45) is 1.81. The predicted octanol–water partition coefficient (Wildman–Crippen LogP) is 5.45. The van der Waals surface area contributed by atoms with Crippen molar-refractivity contribution < 1.29 is 9.53 Å². The van der Waals surface area contributed by atoms with Crippen molar-refractivity contribution in [3.05, 3.63) is 94.3 Å². The van der Waals surface area contributed by atoms with Crippen LogP contribution in [-0.2, 0) is 13.0 Å². The van der Waals surface area contributed by atoms with Gasteiger partial charge in [0.2, 0.25) is 0 Å². The first-order valence-electron chi connectivity index (χ1n) is 10.1. The van der Waals surface area contributed by atoms with Crippen molar-refractivity contribution in [3.63, 3.8) is 0 Å². The molecule has 5 heteroatoms. The van der Waals surface area contributed by atoms with Gasteiger partial charge in [0.25, 0.3) is 5.91 Å². The second kappa shape index (κ2) is 9.09. The van der Waals surface area contributed by atoms with E-state index in [4.69, 9.17) is 4.74 Å². The third-order valence-electron chi connectivity index (χ3n) is 4.99. The number of thiazole rings is 1. The van der Waals surface area contributed by atoms with Crippen LogP contribution in [0, 0.1) is 0 Å². The minimum atomic E-state index is -0.218. The lowest BCUT2D eigenvalue weighted by molar-refractivity contribution is 0.0998. The van der Waals surface area contributed by atoms with E-state index in [0.717, 1.165) is 40.2 Å². The minimum Gasteiger partial charge on any atom is -0.497 e. The summed E-state index contributed by atoms with van der Waals surface area (Å²) in [6, 6.07) is 24.0. The van der Waals surface area contributed by atoms with Gasteiger partial charge in [0.1, 0.15) is 5.75 Å². The van der Waals surface area contributed by atoms with E-state index in [1.54, 1.807) is 7.11 Å². The average Bonchev–Trinajstić information content (AvgIpc) is 3.11. The molecule has 0 aliphatic rings. The predicted molar refractivity (Wildman–Crippen MR) is 122 cm³/mol. The van der Waals surface area contributed by atoms with Gasteiger partial charge in [-0.3, -0.25) is 4.79 Å². The standard InChI is InChI=1S/C25H24N2O2S/c1-3-15-27-22-14-13-21(29-2)17-23(22)30-25(27)26-24(28)20-11-9-19(10-12-20)16-18-7-5-4-6-8-18/h4-14,17H,3,15-16H2,1-2H3. The molecule has 152 valence electrons. The van der Waals surface area contributed by atoms with E-state index in [-0.39, 0.29) is 5.91 Å². The van der Waals surface area contributed by atoms with E-state index in [2.05, 4.69) is 28.6 Å². The van der Waals surface area contributed by atoms with Gasteiger partial charge in [-0.25, -0.2) is 0 Å². The number of carbonyl (C=O) groups is 1. The average molecular weight is 417 g/mol. The molecule has 1 amide bonds. The number of aryl methyl sites for hydroxylation is 1. The number of hydrogen-bond acceptors (Lipinski definition) is 3. The first kappa shape index (κ1) is 20.1. The van der Waals surface area contributed by atoms with Crippen LogP contribution in [0.4, 0.5) is 0 Å². The quantitative estimate of drug-likeness (QED) is 0.419. The van der Waals surface area contributed by atoms with Gasteiger partial charge in [0, 0.05) is 12.1 Å². The van der Waals surface area contributed by atoms with E-state index in [1.165, 1.54) is 22.5 Å². The Hall–Kier alpha value is -3.18. The van der Waals surface area contributed by atoms with Gasteiger partial charge in [-0.15, -0.1) is 0 Å². The third-order valence-corrected chi connectivity index (χ3v) is 6.03. The Bertz CT molecular complexity index is 1220. The van der Waals surface area contributed by atoms with Crippen LogP contribution < -0.4 is 9.54 Å². The molecule has 0 fully saturated rings. The maximum atomic E-state index is 12.8. The number of aromatic nitrogens is 1. The zero-order valence-electron chi connectivity index (χ0n) is 17.2. The number of amides is 1.